The summed E-state index contributed by atoms with van der Waals surface area (Å²) >= 11 is 3.93. The third kappa shape index (κ3) is 11.0. The van der Waals surface area contributed by atoms with Crippen LogP contribution in [0.2, 0.25) is 0 Å². The third-order valence-corrected chi connectivity index (χ3v) is 15.1. The summed E-state index contributed by atoms with van der Waals surface area (Å²) in [5.74, 6) is 0. The molecule has 0 bridgehead atoms. The molecule has 0 atom stereocenters. The molecule has 4 aromatic heterocycles. The molecule has 4 heterocycles. The molecule has 0 saturated heterocycles. The van der Waals surface area contributed by atoms with Gasteiger partial charge in [0.15, 0.2) is 0 Å². The first-order valence-corrected chi connectivity index (χ1v) is 25.5. The van der Waals surface area contributed by atoms with Crippen LogP contribution in [0.1, 0.15) is 128 Å². The monoisotopic (exact) mass is 852 g/mol. The summed E-state index contributed by atoms with van der Waals surface area (Å²) in [6.45, 7) is 4.61. The van der Waals surface area contributed by atoms with E-state index >= 15 is 0 Å². The fraction of sp³-hybridized carbons (Fsp3) is 0.345. The Balaban J connectivity index is 1.19. The maximum absolute atomic E-state index is 5.37. The number of aromatic nitrogens is 2. The number of hydrogen-bond donors (Lipinski definition) is 0. The Hall–Kier alpha value is -4.90. The molecule has 0 radical (unpaired) electrons. The van der Waals surface area contributed by atoms with Gasteiger partial charge >= 0.3 is 0 Å². The van der Waals surface area contributed by atoms with Crippen LogP contribution in [0.15, 0.2) is 133 Å². The second kappa shape index (κ2) is 22.5. The normalized spacial score (nSPS) is 11.6. The van der Waals surface area contributed by atoms with Crippen molar-refractivity contribution in [2.24, 2.45) is 0 Å². The van der Waals surface area contributed by atoms with Gasteiger partial charge in [-0.2, -0.15) is 0 Å². The van der Waals surface area contributed by atoms with E-state index in [1.165, 1.54) is 166 Å². The van der Waals surface area contributed by atoms with Gasteiger partial charge < -0.3 is 0 Å². The maximum atomic E-state index is 5.37. The molecule has 318 valence electrons. The summed E-state index contributed by atoms with van der Waals surface area (Å²) in [7, 11) is 0. The summed E-state index contributed by atoms with van der Waals surface area (Å²) in [4.78, 5) is 16.1. The minimum Gasteiger partial charge on any atom is -0.247 e. The summed E-state index contributed by atoms with van der Waals surface area (Å²) in [6.07, 6.45) is 23.4. The average Bonchev–Trinajstić information content (AvgIpc) is 3.95. The van der Waals surface area contributed by atoms with E-state index in [0.29, 0.717) is 0 Å². The van der Waals surface area contributed by atoms with Gasteiger partial charge in [-0.3, -0.25) is 0 Å². The van der Waals surface area contributed by atoms with Crippen molar-refractivity contribution < 1.29 is 0 Å². The molecule has 4 heteroatoms. The second-order valence-electron chi connectivity index (χ2n) is 17.3. The molecule has 0 aliphatic heterocycles. The van der Waals surface area contributed by atoms with Gasteiger partial charge in [0.05, 0.1) is 32.2 Å². The van der Waals surface area contributed by atoms with Gasteiger partial charge in [0.25, 0.3) is 0 Å². The van der Waals surface area contributed by atoms with Gasteiger partial charge in [-0.15, -0.1) is 22.7 Å². The second-order valence-corrected chi connectivity index (χ2v) is 19.4. The molecule has 0 spiro atoms. The standard InChI is InChI=1S/C58H64N2S2/c1-3-5-7-9-11-13-15-19-33-45-39-55(53-41-49(43-29-21-17-22-30-43)47-35-25-27-37-51(47)59-53)61-57(45)58-46(34-20-16-14-12-10-8-6-4-2)40-56(62-58)54-42-50(44-31-23-18-24-32-44)48-36-26-28-38-52(48)60-54/h17-18,21-32,35-42H,3-16,19-20,33-34H2,1-2H3. The number of pyridine rings is 2. The lowest BCUT2D eigenvalue weighted by atomic mass is 9.98. The predicted octanol–water partition coefficient (Wildman–Crippen LogP) is 18.6. The van der Waals surface area contributed by atoms with Crippen molar-refractivity contribution in [1.82, 2.24) is 9.97 Å². The maximum Gasteiger partial charge on any atom is 0.0815 e. The molecule has 0 saturated carbocycles. The van der Waals surface area contributed by atoms with E-state index < -0.39 is 0 Å². The van der Waals surface area contributed by atoms with E-state index in [9.17, 15) is 0 Å². The number of benzene rings is 4. The molecule has 0 aliphatic rings. The van der Waals surface area contributed by atoms with Crippen molar-refractivity contribution in [3.8, 4) is 53.2 Å². The van der Waals surface area contributed by atoms with E-state index in [-0.39, 0.29) is 0 Å². The SMILES string of the molecule is CCCCCCCCCCc1cc(-c2cc(-c3ccccc3)c3ccccc3n2)sc1-c1sc(-c2cc(-c3ccccc3)c3ccccc3n2)cc1CCCCCCCCCC. The summed E-state index contributed by atoms with van der Waals surface area (Å²) in [6, 6.07) is 48.7. The smallest absolute Gasteiger partial charge is 0.0815 e. The first-order chi connectivity index (χ1) is 30.7. The number of para-hydroxylation sites is 2. The minimum atomic E-state index is 1.05. The van der Waals surface area contributed by atoms with E-state index in [4.69, 9.17) is 9.97 Å². The Morgan fingerprint density at radius 1 is 0.371 bits per heavy atom. The molecule has 8 aromatic rings. The number of unbranched alkanes of at least 4 members (excludes halogenated alkanes) is 14. The molecule has 0 aliphatic carbocycles. The topological polar surface area (TPSA) is 25.8 Å². The lowest BCUT2D eigenvalue weighted by molar-refractivity contribution is 0.575. The van der Waals surface area contributed by atoms with Gasteiger partial charge in [-0.25, -0.2) is 9.97 Å². The largest absolute Gasteiger partial charge is 0.247 e. The number of nitrogens with zero attached hydrogens (tertiary/aromatic N) is 2. The first kappa shape index (κ1) is 43.7. The van der Waals surface area contributed by atoms with Gasteiger partial charge in [0.1, 0.15) is 0 Å². The van der Waals surface area contributed by atoms with Crippen LogP contribution >= 0.6 is 22.7 Å². The highest BCUT2D eigenvalue weighted by atomic mass is 32.1. The summed E-state index contributed by atoms with van der Waals surface area (Å²) < 4.78 is 0. The molecule has 4 aromatic carbocycles. The number of thiophene rings is 2. The highest BCUT2D eigenvalue weighted by molar-refractivity contribution is 7.25. The summed E-state index contributed by atoms with van der Waals surface area (Å²) in [5.41, 5.74) is 12.2. The Labute approximate surface area is 379 Å². The molecule has 0 unspecified atom stereocenters. The van der Waals surface area contributed by atoms with Crippen LogP contribution in [0, 0.1) is 0 Å². The molecule has 2 nitrogen and oxygen atoms in total. The first-order valence-electron chi connectivity index (χ1n) is 23.9. The molecule has 0 N–H and O–H groups in total. The van der Waals surface area contributed by atoms with Crippen molar-refractivity contribution in [3.05, 3.63) is 145 Å². The van der Waals surface area contributed by atoms with Crippen molar-refractivity contribution in [3.63, 3.8) is 0 Å². The quantitative estimate of drug-likeness (QED) is 0.0599. The van der Waals surface area contributed by atoms with Gasteiger partial charge in [0, 0.05) is 20.5 Å². The molecular formula is C58H64N2S2. The van der Waals surface area contributed by atoms with E-state index in [1.807, 2.05) is 22.7 Å². The van der Waals surface area contributed by atoms with Crippen LogP contribution in [-0.2, 0) is 12.8 Å². The van der Waals surface area contributed by atoms with Crippen LogP contribution in [0.25, 0.3) is 75.0 Å². The molecular weight excluding hydrogens is 789 g/mol. The Kier molecular flexibility index (Phi) is 15.8. The molecule has 0 amide bonds. The van der Waals surface area contributed by atoms with Crippen LogP contribution in [0.3, 0.4) is 0 Å². The van der Waals surface area contributed by atoms with Crippen molar-refractivity contribution in [1.29, 1.82) is 0 Å². The average molecular weight is 853 g/mol. The van der Waals surface area contributed by atoms with Crippen LogP contribution in [0.5, 0.6) is 0 Å². The van der Waals surface area contributed by atoms with Gasteiger partial charge in [-0.05, 0) is 95.5 Å². The minimum absolute atomic E-state index is 1.05. The fourth-order valence-electron chi connectivity index (χ4n) is 9.08. The van der Waals surface area contributed by atoms with E-state index in [1.54, 1.807) is 0 Å². The van der Waals surface area contributed by atoms with E-state index in [0.717, 1.165) is 35.3 Å². The van der Waals surface area contributed by atoms with Crippen LogP contribution in [-0.4, -0.2) is 9.97 Å². The highest BCUT2D eigenvalue weighted by Gasteiger charge is 2.22. The van der Waals surface area contributed by atoms with Gasteiger partial charge in [0.2, 0.25) is 0 Å². The zero-order valence-corrected chi connectivity index (χ0v) is 38.8. The van der Waals surface area contributed by atoms with Crippen molar-refractivity contribution in [2.45, 2.75) is 129 Å². The number of aryl methyl sites for hydroxylation is 2. The Morgan fingerprint density at radius 2 is 0.726 bits per heavy atom. The Bertz CT molecular complexity index is 2440. The van der Waals surface area contributed by atoms with Crippen molar-refractivity contribution >= 4 is 44.5 Å². The zero-order chi connectivity index (χ0) is 42.4. The third-order valence-electron chi connectivity index (χ3n) is 12.5. The molecule has 0 fully saturated rings. The lowest BCUT2D eigenvalue weighted by Crippen LogP contribution is -1.90. The summed E-state index contributed by atoms with van der Waals surface area (Å²) in [5, 5.41) is 2.40. The number of hydrogen-bond acceptors (Lipinski definition) is 4. The van der Waals surface area contributed by atoms with Crippen molar-refractivity contribution in [2.75, 3.05) is 0 Å². The van der Waals surface area contributed by atoms with Gasteiger partial charge in [-0.1, -0.05) is 201 Å². The van der Waals surface area contributed by atoms with Crippen LogP contribution in [0.4, 0.5) is 0 Å². The number of fused-ring (bicyclic) bond motifs is 2. The fourth-order valence-corrected chi connectivity index (χ4v) is 11.6. The predicted molar refractivity (Wildman–Crippen MR) is 273 cm³/mol. The lowest BCUT2D eigenvalue weighted by Gasteiger charge is -2.09. The highest BCUT2D eigenvalue weighted by Crippen LogP contribution is 2.47. The zero-order valence-electron chi connectivity index (χ0n) is 37.1. The molecule has 62 heavy (non-hydrogen) atoms. The number of rotatable bonds is 23. The van der Waals surface area contributed by atoms with E-state index in [2.05, 4.69) is 147 Å². The Morgan fingerprint density at radius 3 is 1.13 bits per heavy atom. The van der Waals surface area contributed by atoms with Crippen LogP contribution < -0.4 is 0 Å². The molecule has 8 rings (SSSR count).